The minimum Gasteiger partial charge on any atom is -0.423 e. The summed E-state index contributed by atoms with van der Waals surface area (Å²) in [5.41, 5.74) is 0. The summed E-state index contributed by atoms with van der Waals surface area (Å²) < 4.78 is 45.8. The maximum Gasteiger partial charge on any atom is 0.314 e. The SMILES string of the molecule is C=CC1CCC(C2CCC3C(CCCC3C(=O)Oc3ccc(F)c(F)c3F)C2)CC1. The molecule has 4 unspecified atom stereocenters. The number of hydrogen-bond donors (Lipinski definition) is 0. The summed E-state index contributed by atoms with van der Waals surface area (Å²) in [5, 5.41) is 0. The number of hydrogen-bond acceptors (Lipinski definition) is 2. The lowest BCUT2D eigenvalue weighted by Gasteiger charge is -2.45. The Labute approximate surface area is 176 Å². The molecule has 0 aromatic heterocycles. The average Bonchev–Trinajstić information content (AvgIpc) is 2.78. The van der Waals surface area contributed by atoms with E-state index in [2.05, 4.69) is 12.7 Å². The molecule has 0 amide bonds. The van der Waals surface area contributed by atoms with Gasteiger partial charge in [-0.2, -0.15) is 4.39 Å². The fourth-order valence-electron chi connectivity index (χ4n) is 6.34. The quantitative estimate of drug-likeness (QED) is 0.231. The van der Waals surface area contributed by atoms with Gasteiger partial charge >= 0.3 is 5.97 Å². The Morgan fingerprint density at radius 2 is 1.63 bits per heavy atom. The number of ether oxygens (including phenoxy) is 1. The van der Waals surface area contributed by atoms with Gasteiger partial charge in [-0.05, 0) is 93.1 Å². The van der Waals surface area contributed by atoms with E-state index in [4.69, 9.17) is 4.74 Å². The zero-order valence-corrected chi connectivity index (χ0v) is 17.4. The summed E-state index contributed by atoms with van der Waals surface area (Å²) >= 11 is 0. The molecule has 0 aliphatic heterocycles. The highest BCUT2D eigenvalue weighted by Gasteiger charge is 2.43. The summed E-state index contributed by atoms with van der Waals surface area (Å²) in [4.78, 5) is 12.8. The highest BCUT2D eigenvalue weighted by atomic mass is 19.2. The molecule has 164 valence electrons. The van der Waals surface area contributed by atoms with Crippen LogP contribution in [0.4, 0.5) is 13.2 Å². The predicted molar refractivity (Wildman–Crippen MR) is 109 cm³/mol. The number of benzene rings is 1. The van der Waals surface area contributed by atoms with E-state index < -0.39 is 29.2 Å². The van der Waals surface area contributed by atoms with Crippen molar-refractivity contribution in [2.45, 2.75) is 64.2 Å². The molecule has 0 radical (unpaired) electrons. The summed E-state index contributed by atoms with van der Waals surface area (Å²) in [6, 6.07) is 1.78. The third-order valence-corrected chi connectivity index (χ3v) is 8.02. The smallest absolute Gasteiger partial charge is 0.314 e. The van der Waals surface area contributed by atoms with Crippen LogP contribution in [0.5, 0.6) is 5.75 Å². The van der Waals surface area contributed by atoms with Crippen molar-refractivity contribution in [1.29, 1.82) is 0 Å². The highest BCUT2D eigenvalue weighted by Crippen LogP contribution is 2.50. The largest absolute Gasteiger partial charge is 0.423 e. The second-order valence-corrected chi connectivity index (χ2v) is 9.54. The van der Waals surface area contributed by atoms with Crippen molar-refractivity contribution in [3.63, 3.8) is 0 Å². The first-order chi connectivity index (χ1) is 14.5. The van der Waals surface area contributed by atoms with Gasteiger partial charge in [0.05, 0.1) is 5.92 Å². The standard InChI is InChI=1S/C25H31F3O2/c1-2-15-6-8-16(9-7-15)17-10-11-19-18(14-17)4-3-5-20(19)25(29)30-22-13-12-21(26)23(27)24(22)28/h2,12-13,15-20H,1,3-11,14H2. The van der Waals surface area contributed by atoms with Crippen molar-refractivity contribution in [3.8, 4) is 5.75 Å². The van der Waals surface area contributed by atoms with Crippen molar-refractivity contribution < 1.29 is 22.7 Å². The lowest BCUT2D eigenvalue weighted by Crippen LogP contribution is -2.40. The Kier molecular flexibility index (Phi) is 6.54. The lowest BCUT2D eigenvalue weighted by molar-refractivity contribution is -0.144. The van der Waals surface area contributed by atoms with Gasteiger partial charge in [-0.15, -0.1) is 6.58 Å². The second kappa shape index (κ2) is 9.15. The summed E-state index contributed by atoms with van der Waals surface area (Å²) in [6.45, 7) is 3.94. The zero-order valence-electron chi connectivity index (χ0n) is 17.4. The Balaban J connectivity index is 1.38. The van der Waals surface area contributed by atoms with Crippen molar-refractivity contribution in [2.24, 2.45) is 35.5 Å². The normalized spacial score (nSPS) is 34.1. The molecule has 4 rings (SSSR count). The van der Waals surface area contributed by atoms with Crippen LogP contribution in [-0.4, -0.2) is 5.97 Å². The third kappa shape index (κ3) is 4.31. The van der Waals surface area contributed by atoms with E-state index in [0.29, 0.717) is 11.8 Å². The Bertz CT molecular complexity index is 785. The van der Waals surface area contributed by atoms with E-state index in [1.165, 1.54) is 25.7 Å². The number of halogens is 3. The van der Waals surface area contributed by atoms with Crippen molar-refractivity contribution in [2.75, 3.05) is 0 Å². The van der Waals surface area contributed by atoms with Gasteiger partial charge in [-0.1, -0.05) is 18.9 Å². The molecule has 2 nitrogen and oxygen atoms in total. The van der Waals surface area contributed by atoms with Gasteiger partial charge in [0.15, 0.2) is 17.4 Å². The Hall–Kier alpha value is -1.78. The lowest BCUT2D eigenvalue weighted by atomic mass is 9.59. The fraction of sp³-hybridized carbons (Fsp3) is 0.640. The second-order valence-electron chi connectivity index (χ2n) is 9.54. The van der Waals surface area contributed by atoms with E-state index in [9.17, 15) is 18.0 Å². The van der Waals surface area contributed by atoms with Crippen LogP contribution in [0.3, 0.4) is 0 Å². The van der Waals surface area contributed by atoms with E-state index in [1.54, 1.807) is 0 Å². The van der Waals surface area contributed by atoms with Crippen LogP contribution in [-0.2, 0) is 4.79 Å². The first kappa shape index (κ1) is 21.5. The molecule has 1 aromatic rings. The molecule has 0 bridgehead atoms. The molecule has 30 heavy (non-hydrogen) atoms. The molecule has 0 saturated heterocycles. The number of carbonyl (C=O) groups excluding carboxylic acids is 1. The van der Waals surface area contributed by atoms with Gasteiger partial charge in [-0.3, -0.25) is 4.79 Å². The molecule has 0 spiro atoms. The minimum atomic E-state index is -1.60. The van der Waals surface area contributed by atoms with Gasteiger partial charge in [0.25, 0.3) is 0 Å². The molecule has 3 aliphatic rings. The van der Waals surface area contributed by atoms with Crippen molar-refractivity contribution >= 4 is 5.97 Å². The molecular weight excluding hydrogens is 389 g/mol. The van der Waals surface area contributed by atoms with Crippen LogP contribution >= 0.6 is 0 Å². The van der Waals surface area contributed by atoms with Crippen LogP contribution < -0.4 is 4.74 Å². The van der Waals surface area contributed by atoms with Crippen molar-refractivity contribution in [3.05, 3.63) is 42.2 Å². The predicted octanol–water partition coefficient (Wildman–Crippen LogP) is 6.83. The zero-order chi connectivity index (χ0) is 21.3. The molecule has 3 fully saturated rings. The molecule has 3 aliphatic carbocycles. The van der Waals surface area contributed by atoms with E-state index in [1.807, 2.05) is 0 Å². The topological polar surface area (TPSA) is 26.3 Å². The van der Waals surface area contributed by atoms with E-state index in [-0.39, 0.29) is 11.8 Å². The fourth-order valence-corrected chi connectivity index (χ4v) is 6.34. The first-order valence-corrected chi connectivity index (χ1v) is 11.5. The van der Waals surface area contributed by atoms with Gasteiger partial charge in [0.2, 0.25) is 5.82 Å². The maximum absolute atomic E-state index is 13.9. The van der Waals surface area contributed by atoms with E-state index >= 15 is 0 Å². The monoisotopic (exact) mass is 420 g/mol. The molecule has 3 saturated carbocycles. The average molecular weight is 421 g/mol. The van der Waals surface area contributed by atoms with Crippen molar-refractivity contribution in [1.82, 2.24) is 0 Å². The molecule has 5 heteroatoms. The van der Waals surface area contributed by atoms with Gasteiger partial charge in [-0.25, -0.2) is 8.78 Å². The van der Waals surface area contributed by atoms with Crippen LogP contribution in [0.1, 0.15) is 64.2 Å². The molecule has 4 atom stereocenters. The summed E-state index contributed by atoms with van der Waals surface area (Å²) in [6.07, 6.45) is 13.2. The van der Waals surface area contributed by atoms with Gasteiger partial charge in [0, 0.05) is 0 Å². The first-order valence-electron chi connectivity index (χ1n) is 11.5. The number of rotatable bonds is 4. The van der Waals surface area contributed by atoms with Crippen LogP contribution in [0.2, 0.25) is 0 Å². The maximum atomic E-state index is 13.9. The summed E-state index contributed by atoms with van der Waals surface area (Å²) in [5.74, 6) is -2.69. The van der Waals surface area contributed by atoms with Gasteiger partial charge < -0.3 is 4.74 Å². The van der Waals surface area contributed by atoms with E-state index in [0.717, 1.165) is 62.5 Å². The molecular formula is C25H31F3O2. The summed E-state index contributed by atoms with van der Waals surface area (Å²) in [7, 11) is 0. The Morgan fingerprint density at radius 1 is 0.900 bits per heavy atom. The minimum absolute atomic E-state index is 0.250. The number of carbonyl (C=O) groups is 1. The number of esters is 1. The number of allylic oxidation sites excluding steroid dienone is 1. The van der Waals surface area contributed by atoms with Crippen LogP contribution in [0, 0.1) is 53.0 Å². The number of fused-ring (bicyclic) bond motifs is 1. The van der Waals surface area contributed by atoms with Crippen LogP contribution in [0.15, 0.2) is 24.8 Å². The highest BCUT2D eigenvalue weighted by molar-refractivity contribution is 5.75. The molecule has 1 aromatic carbocycles. The Morgan fingerprint density at radius 3 is 2.37 bits per heavy atom. The van der Waals surface area contributed by atoms with Gasteiger partial charge in [0.1, 0.15) is 0 Å². The molecule has 0 heterocycles. The third-order valence-electron chi connectivity index (χ3n) is 8.02. The van der Waals surface area contributed by atoms with Crippen LogP contribution in [0.25, 0.3) is 0 Å². The molecule has 0 N–H and O–H groups in total.